The van der Waals surface area contributed by atoms with E-state index in [-0.39, 0.29) is 0 Å². The van der Waals surface area contributed by atoms with Crippen LogP contribution in [0.25, 0.3) is 0 Å². The third kappa shape index (κ3) is 2.86. The number of ether oxygens (including phenoxy) is 2. The summed E-state index contributed by atoms with van der Waals surface area (Å²) in [6.07, 6.45) is 2.13. The molecule has 20 heavy (non-hydrogen) atoms. The molecule has 2 rings (SSSR count). The van der Waals surface area contributed by atoms with Gasteiger partial charge in [-0.3, -0.25) is 0 Å². The SMILES string of the molecule is CC1(C)OC(=O)C(CCCC=O)(c2cccc(Cl)c2)O1. The van der Waals surface area contributed by atoms with Gasteiger partial charge in [0, 0.05) is 25.3 Å². The Morgan fingerprint density at radius 2 is 2.10 bits per heavy atom. The molecule has 0 aliphatic carbocycles. The molecule has 0 saturated carbocycles. The molecule has 1 aromatic rings. The molecule has 5 heteroatoms. The molecular weight excluding hydrogens is 280 g/mol. The number of halogens is 1. The highest BCUT2D eigenvalue weighted by Gasteiger charge is 2.54. The summed E-state index contributed by atoms with van der Waals surface area (Å²) in [6, 6.07) is 6.98. The Bertz CT molecular complexity index is 526. The van der Waals surface area contributed by atoms with Crippen LogP contribution in [0.4, 0.5) is 0 Å². The van der Waals surface area contributed by atoms with Gasteiger partial charge in [-0.2, -0.15) is 0 Å². The van der Waals surface area contributed by atoms with E-state index in [1.807, 2.05) is 0 Å². The van der Waals surface area contributed by atoms with Crippen molar-refractivity contribution in [2.24, 2.45) is 0 Å². The van der Waals surface area contributed by atoms with Crippen molar-refractivity contribution in [3.05, 3.63) is 34.9 Å². The average Bonchev–Trinajstić information content (AvgIpc) is 2.60. The molecule has 108 valence electrons. The first-order valence-corrected chi connectivity index (χ1v) is 6.91. The summed E-state index contributed by atoms with van der Waals surface area (Å²) >= 11 is 6.00. The molecule has 0 amide bonds. The molecule has 1 atom stereocenters. The second kappa shape index (κ2) is 5.54. The molecule has 0 N–H and O–H groups in total. The van der Waals surface area contributed by atoms with Crippen molar-refractivity contribution < 1.29 is 19.1 Å². The molecule has 0 bridgehead atoms. The topological polar surface area (TPSA) is 52.6 Å². The smallest absolute Gasteiger partial charge is 0.345 e. The monoisotopic (exact) mass is 296 g/mol. The van der Waals surface area contributed by atoms with Crippen LogP contribution in [-0.2, 0) is 24.7 Å². The standard InChI is InChI=1S/C15H17ClO4/c1-14(2)19-13(18)15(20-14,8-3-4-9-17)11-6-5-7-12(16)10-11/h5-7,9-10H,3-4,8H2,1-2H3. The lowest BCUT2D eigenvalue weighted by molar-refractivity contribution is -0.168. The normalized spacial score (nSPS) is 24.4. The van der Waals surface area contributed by atoms with Gasteiger partial charge in [-0.25, -0.2) is 4.79 Å². The zero-order valence-electron chi connectivity index (χ0n) is 11.5. The van der Waals surface area contributed by atoms with Gasteiger partial charge in [-0.05, 0) is 30.5 Å². The lowest BCUT2D eigenvalue weighted by atomic mass is 9.88. The Balaban J connectivity index is 2.39. The van der Waals surface area contributed by atoms with Crippen LogP contribution in [-0.4, -0.2) is 18.0 Å². The fraction of sp³-hybridized carbons (Fsp3) is 0.467. The van der Waals surface area contributed by atoms with Crippen LogP contribution < -0.4 is 0 Å². The third-order valence-electron chi connectivity index (χ3n) is 3.23. The van der Waals surface area contributed by atoms with E-state index in [1.165, 1.54) is 0 Å². The average molecular weight is 297 g/mol. The summed E-state index contributed by atoms with van der Waals surface area (Å²) in [5, 5.41) is 0.526. The number of rotatable bonds is 5. The lowest BCUT2D eigenvalue weighted by Gasteiger charge is -2.26. The van der Waals surface area contributed by atoms with Gasteiger partial charge in [0.2, 0.25) is 5.79 Å². The van der Waals surface area contributed by atoms with Gasteiger partial charge in [0.25, 0.3) is 0 Å². The van der Waals surface area contributed by atoms with Crippen molar-refractivity contribution in [1.29, 1.82) is 0 Å². The van der Waals surface area contributed by atoms with Crippen LogP contribution in [0.15, 0.2) is 24.3 Å². The molecule has 0 aromatic heterocycles. The summed E-state index contributed by atoms with van der Waals surface area (Å²) in [6.45, 7) is 3.38. The van der Waals surface area contributed by atoms with Crippen LogP contribution in [0.2, 0.25) is 5.02 Å². The summed E-state index contributed by atoms with van der Waals surface area (Å²) in [4.78, 5) is 22.8. The van der Waals surface area contributed by atoms with Crippen molar-refractivity contribution in [2.75, 3.05) is 0 Å². The van der Waals surface area contributed by atoms with Crippen molar-refractivity contribution in [1.82, 2.24) is 0 Å². The number of hydrogen-bond donors (Lipinski definition) is 0. The highest BCUT2D eigenvalue weighted by atomic mass is 35.5. The Morgan fingerprint density at radius 1 is 1.35 bits per heavy atom. The Labute approximate surface area is 123 Å². The number of hydrogen-bond acceptors (Lipinski definition) is 4. The first-order valence-electron chi connectivity index (χ1n) is 6.53. The molecule has 1 heterocycles. The number of carbonyl (C=O) groups excluding carboxylic acids is 2. The maximum Gasteiger partial charge on any atom is 0.345 e. The minimum atomic E-state index is -1.18. The van der Waals surface area contributed by atoms with Gasteiger partial charge >= 0.3 is 5.97 Å². The van der Waals surface area contributed by atoms with Gasteiger partial charge in [-0.15, -0.1) is 0 Å². The molecule has 1 aromatic carbocycles. The van der Waals surface area contributed by atoms with Crippen LogP contribution in [0.3, 0.4) is 0 Å². The molecule has 1 unspecified atom stereocenters. The number of cyclic esters (lactones) is 1. The number of carbonyl (C=O) groups is 2. The zero-order chi connectivity index (χ0) is 14.8. The number of unbranched alkanes of at least 4 members (excludes halogenated alkanes) is 1. The fourth-order valence-corrected chi connectivity index (χ4v) is 2.63. The molecule has 1 fully saturated rings. The summed E-state index contributed by atoms with van der Waals surface area (Å²) in [7, 11) is 0. The second-order valence-electron chi connectivity index (χ2n) is 5.29. The highest BCUT2D eigenvalue weighted by molar-refractivity contribution is 6.30. The molecule has 1 aliphatic rings. The second-order valence-corrected chi connectivity index (χ2v) is 5.72. The molecular formula is C15H17ClO4. The maximum absolute atomic E-state index is 12.3. The van der Waals surface area contributed by atoms with Crippen molar-refractivity contribution in [2.45, 2.75) is 44.5 Å². The van der Waals surface area contributed by atoms with E-state index in [4.69, 9.17) is 21.1 Å². The van der Waals surface area contributed by atoms with Gasteiger partial charge in [0.1, 0.15) is 6.29 Å². The maximum atomic E-state index is 12.3. The lowest BCUT2D eigenvalue weighted by Crippen LogP contribution is -2.34. The molecule has 0 radical (unpaired) electrons. The minimum Gasteiger partial charge on any atom is -0.431 e. The fourth-order valence-electron chi connectivity index (χ4n) is 2.44. The van der Waals surface area contributed by atoms with E-state index in [9.17, 15) is 9.59 Å². The number of esters is 1. The quantitative estimate of drug-likeness (QED) is 0.475. The van der Waals surface area contributed by atoms with Gasteiger partial charge < -0.3 is 14.3 Å². The zero-order valence-corrected chi connectivity index (χ0v) is 12.3. The van der Waals surface area contributed by atoms with Crippen molar-refractivity contribution in [3.63, 3.8) is 0 Å². The van der Waals surface area contributed by atoms with Crippen molar-refractivity contribution >= 4 is 23.9 Å². The van der Waals surface area contributed by atoms with Crippen molar-refractivity contribution in [3.8, 4) is 0 Å². The van der Waals surface area contributed by atoms with Gasteiger partial charge in [0.15, 0.2) is 5.60 Å². The largest absolute Gasteiger partial charge is 0.431 e. The van der Waals surface area contributed by atoms with Crippen LogP contribution in [0, 0.1) is 0 Å². The van der Waals surface area contributed by atoms with E-state index >= 15 is 0 Å². The van der Waals surface area contributed by atoms with Crippen LogP contribution in [0.1, 0.15) is 38.7 Å². The molecule has 1 aliphatic heterocycles. The van der Waals surface area contributed by atoms with Gasteiger partial charge in [-0.1, -0.05) is 23.7 Å². The van der Waals surface area contributed by atoms with Crippen LogP contribution >= 0.6 is 11.6 Å². The predicted octanol–water partition coefficient (Wildman–Crippen LogP) is 3.21. The van der Waals surface area contributed by atoms with E-state index in [0.29, 0.717) is 29.8 Å². The van der Waals surface area contributed by atoms with E-state index in [0.717, 1.165) is 6.29 Å². The molecule has 4 nitrogen and oxygen atoms in total. The summed E-state index contributed by atoms with van der Waals surface area (Å²) in [5.74, 6) is -1.42. The summed E-state index contributed by atoms with van der Waals surface area (Å²) < 4.78 is 11.2. The first-order chi connectivity index (χ1) is 9.39. The molecule has 0 spiro atoms. The van der Waals surface area contributed by atoms with E-state index in [2.05, 4.69) is 0 Å². The Morgan fingerprint density at radius 3 is 2.65 bits per heavy atom. The summed E-state index contributed by atoms with van der Waals surface area (Å²) in [5.41, 5.74) is -0.524. The van der Waals surface area contributed by atoms with Crippen LogP contribution in [0.5, 0.6) is 0 Å². The van der Waals surface area contributed by atoms with Gasteiger partial charge in [0.05, 0.1) is 0 Å². The minimum absolute atomic E-state index is 0.374. The third-order valence-corrected chi connectivity index (χ3v) is 3.47. The number of benzene rings is 1. The van der Waals surface area contributed by atoms with E-state index in [1.54, 1.807) is 38.1 Å². The first kappa shape index (κ1) is 15.0. The predicted molar refractivity (Wildman–Crippen MR) is 74.3 cm³/mol. The van der Waals surface area contributed by atoms with E-state index < -0.39 is 17.4 Å². The highest BCUT2D eigenvalue weighted by Crippen LogP contribution is 2.43. The molecule has 1 saturated heterocycles. The Hall–Kier alpha value is -1.39. The Kier molecular flexibility index (Phi) is 4.16. The number of aldehydes is 1.